The third-order valence-corrected chi connectivity index (χ3v) is 3.23. The molecule has 3 aromatic rings. The minimum atomic E-state index is -0.275. The molecule has 0 atom stereocenters. The van der Waals surface area contributed by atoms with Gasteiger partial charge in [0.1, 0.15) is 0 Å². The minimum Gasteiger partial charge on any atom is -0.493 e. The van der Waals surface area contributed by atoms with Crippen molar-refractivity contribution in [1.29, 1.82) is 0 Å². The number of aromatic amines is 2. The van der Waals surface area contributed by atoms with Crippen molar-refractivity contribution in [2.24, 2.45) is 0 Å². The van der Waals surface area contributed by atoms with E-state index in [-0.39, 0.29) is 5.56 Å². The number of imidazole rings is 1. The number of aromatic nitrogens is 4. The van der Waals surface area contributed by atoms with Gasteiger partial charge in [0.2, 0.25) is 5.95 Å². The highest BCUT2D eigenvalue weighted by Gasteiger charge is 2.10. The zero-order valence-corrected chi connectivity index (χ0v) is 12.1. The summed E-state index contributed by atoms with van der Waals surface area (Å²) in [6.45, 7) is 0.416. The Bertz CT molecular complexity index is 855. The number of nitrogens with one attached hydrogen (secondary N) is 3. The minimum absolute atomic E-state index is 0.275. The number of para-hydroxylation sites is 1. The molecule has 0 fully saturated rings. The van der Waals surface area contributed by atoms with Crippen LogP contribution in [0.3, 0.4) is 0 Å². The van der Waals surface area contributed by atoms with Gasteiger partial charge in [0.05, 0.1) is 20.5 Å². The predicted molar refractivity (Wildman–Crippen MR) is 81.4 cm³/mol. The molecule has 0 aliphatic rings. The highest BCUT2D eigenvalue weighted by atomic mass is 16.5. The standard InChI is InChI=1S/C14H15N5O3/c1-21-9-5-3-4-8(11(9)22-2)6-15-14-18-12-10(13(20)19-14)16-7-17-12/h3-5,7H,6H2,1-2H3,(H3,15,16,17,18,19,20). The van der Waals surface area contributed by atoms with E-state index in [9.17, 15) is 4.79 Å². The third-order valence-electron chi connectivity index (χ3n) is 3.23. The molecule has 0 saturated heterocycles. The van der Waals surface area contributed by atoms with E-state index in [2.05, 4.69) is 25.3 Å². The quantitative estimate of drug-likeness (QED) is 0.655. The van der Waals surface area contributed by atoms with Crippen LogP contribution < -0.4 is 20.3 Å². The average molecular weight is 301 g/mol. The van der Waals surface area contributed by atoms with Crippen molar-refractivity contribution in [2.75, 3.05) is 19.5 Å². The first-order valence-corrected chi connectivity index (χ1v) is 6.60. The first-order valence-electron chi connectivity index (χ1n) is 6.60. The Morgan fingerprint density at radius 3 is 2.91 bits per heavy atom. The third kappa shape index (κ3) is 2.46. The summed E-state index contributed by atoms with van der Waals surface area (Å²) in [6, 6.07) is 5.59. The van der Waals surface area contributed by atoms with Crippen molar-refractivity contribution in [3.8, 4) is 11.5 Å². The van der Waals surface area contributed by atoms with Crippen LogP contribution >= 0.6 is 0 Å². The molecule has 0 bridgehead atoms. The summed E-state index contributed by atoms with van der Waals surface area (Å²) in [4.78, 5) is 25.4. The number of fused-ring (bicyclic) bond motifs is 1. The highest BCUT2D eigenvalue weighted by Crippen LogP contribution is 2.30. The van der Waals surface area contributed by atoms with Crippen LogP contribution in [0.5, 0.6) is 11.5 Å². The Morgan fingerprint density at radius 1 is 1.27 bits per heavy atom. The second kappa shape index (κ2) is 5.76. The van der Waals surface area contributed by atoms with Crippen molar-refractivity contribution in [2.45, 2.75) is 6.54 Å². The summed E-state index contributed by atoms with van der Waals surface area (Å²) >= 11 is 0. The summed E-state index contributed by atoms with van der Waals surface area (Å²) in [5.41, 5.74) is 1.32. The molecule has 2 heterocycles. The van der Waals surface area contributed by atoms with E-state index >= 15 is 0 Å². The van der Waals surface area contributed by atoms with Gasteiger partial charge in [-0.15, -0.1) is 0 Å². The molecular weight excluding hydrogens is 286 g/mol. The van der Waals surface area contributed by atoms with Gasteiger partial charge in [-0.3, -0.25) is 9.78 Å². The number of anilines is 1. The number of benzene rings is 1. The molecule has 0 saturated carbocycles. The molecule has 114 valence electrons. The van der Waals surface area contributed by atoms with Crippen molar-refractivity contribution in [3.05, 3.63) is 40.4 Å². The monoisotopic (exact) mass is 301 g/mol. The van der Waals surface area contributed by atoms with Gasteiger partial charge in [0, 0.05) is 12.1 Å². The summed E-state index contributed by atoms with van der Waals surface area (Å²) in [5.74, 6) is 1.63. The molecule has 8 heteroatoms. The lowest BCUT2D eigenvalue weighted by Crippen LogP contribution is -2.13. The Morgan fingerprint density at radius 2 is 2.14 bits per heavy atom. The Hall–Kier alpha value is -3.03. The van der Waals surface area contributed by atoms with Crippen LogP contribution in [-0.4, -0.2) is 34.2 Å². The molecule has 22 heavy (non-hydrogen) atoms. The number of hydrogen-bond acceptors (Lipinski definition) is 6. The fraction of sp³-hybridized carbons (Fsp3) is 0.214. The van der Waals surface area contributed by atoms with Gasteiger partial charge in [-0.25, -0.2) is 4.98 Å². The van der Waals surface area contributed by atoms with E-state index in [0.717, 1.165) is 5.56 Å². The maximum Gasteiger partial charge on any atom is 0.278 e. The number of methoxy groups -OCH3 is 2. The molecule has 2 aromatic heterocycles. The zero-order valence-electron chi connectivity index (χ0n) is 12.1. The molecule has 1 aromatic carbocycles. The van der Waals surface area contributed by atoms with Gasteiger partial charge in [0.25, 0.3) is 5.56 Å². The topological polar surface area (TPSA) is 105 Å². The molecule has 0 aliphatic heterocycles. The summed E-state index contributed by atoms with van der Waals surface area (Å²) < 4.78 is 10.6. The maximum atomic E-state index is 11.8. The normalized spacial score (nSPS) is 10.6. The SMILES string of the molecule is COc1cccc(CNc2nc3nc[nH]c3c(=O)[nH]2)c1OC. The number of rotatable bonds is 5. The molecule has 3 N–H and O–H groups in total. The van der Waals surface area contributed by atoms with E-state index in [1.54, 1.807) is 14.2 Å². The lowest BCUT2D eigenvalue weighted by molar-refractivity contribution is 0.352. The van der Waals surface area contributed by atoms with Crippen LogP contribution in [0.25, 0.3) is 11.2 Å². The second-order valence-corrected chi connectivity index (χ2v) is 4.52. The molecule has 0 amide bonds. The smallest absolute Gasteiger partial charge is 0.278 e. The van der Waals surface area contributed by atoms with Crippen molar-refractivity contribution in [1.82, 2.24) is 19.9 Å². The largest absolute Gasteiger partial charge is 0.493 e. The van der Waals surface area contributed by atoms with Crippen LogP contribution in [0.4, 0.5) is 5.95 Å². The van der Waals surface area contributed by atoms with Crippen LogP contribution in [0, 0.1) is 0 Å². The molecule has 0 spiro atoms. The maximum absolute atomic E-state index is 11.8. The Balaban J connectivity index is 1.86. The van der Waals surface area contributed by atoms with Gasteiger partial charge < -0.3 is 19.8 Å². The highest BCUT2D eigenvalue weighted by molar-refractivity contribution is 5.69. The van der Waals surface area contributed by atoms with Gasteiger partial charge in [-0.2, -0.15) is 4.98 Å². The van der Waals surface area contributed by atoms with E-state index in [0.29, 0.717) is 35.2 Å². The molecule has 0 radical (unpaired) electrons. The number of H-pyrrole nitrogens is 2. The van der Waals surface area contributed by atoms with Gasteiger partial charge in [0.15, 0.2) is 22.7 Å². The van der Waals surface area contributed by atoms with E-state index in [4.69, 9.17) is 9.47 Å². The van der Waals surface area contributed by atoms with E-state index in [1.165, 1.54) is 6.33 Å². The lowest BCUT2D eigenvalue weighted by atomic mass is 10.2. The summed E-state index contributed by atoms with van der Waals surface area (Å²) in [5, 5.41) is 3.05. The molecule has 3 rings (SSSR count). The molecule has 0 unspecified atom stereocenters. The summed E-state index contributed by atoms with van der Waals surface area (Å²) in [6.07, 6.45) is 1.43. The van der Waals surface area contributed by atoms with Crippen molar-refractivity contribution >= 4 is 17.1 Å². The first-order chi connectivity index (χ1) is 10.7. The lowest BCUT2D eigenvalue weighted by Gasteiger charge is -2.13. The van der Waals surface area contributed by atoms with Crippen LogP contribution in [-0.2, 0) is 6.54 Å². The Kier molecular flexibility index (Phi) is 3.65. The van der Waals surface area contributed by atoms with E-state index in [1.807, 2.05) is 18.2 Å². The average Bonchev–Trinajstić information content (AvgIpc) is 3.01. The van der Waals surface area contributed by atoms with Crippen molar-refractivity contribution in [3.63, 3.8) is 0 Å². The molecule has 8 nitrogen and oxygen atoms in total. The van der Waals surface area contributed by atoms with Gasteiger partial charge >= 0.3 is 0 Å². The Labute approximate surface area is 125 Å². The second-order valence-electron chi connectivity index (χ2n) is 4.52. The van der Waals surface area contributed by atoms with E-state index < -0.39 is 0 Å². The predicted octanol–water partition coefficient (Wildman–Crippen LogP) is 1.28. The van der Waals surface area contributed by atoms with Crippen LogP contribution in [0.1, 0.15) is 5.56 Å². The number of hydrogen-bond donors (Lipinski definition) is 3. The van der Waals surface area contributed by atoms with Crippen molar-refractivity contribution < 1.29 is 9.47 Å². The molecular formula is C14H15N5O3. The molecule has 0 aliphatic carbocycles. The fourth-order valence-electron chi connectivity index (χ4n) is 2.20. The summed E-state index contributed by atoms with van der Waals surface area (Å²) in [7, 11) is 3.16. The van der Waals surface area contributed by atoms with Crippen LogP contribution in [0.15, 0.2) is 29.3 Å². The number of nitrogens with zero attached hydrogens (tertiary/aromatic N) is 2. The number of ether oxygens (including phenoxy) is 2. The zero-order chi connectivity index (χ0) is 15.5. The first kappa shape index (κ1) is 13.9. The van der Waals surface area contributed by atoms with Crippen LogP contribution in [0.2, 0.25) is 0 Å². The van der Waals surface area contributed by atoms with Gasteiger partial charge in [-0.05, 0) is 6.07 Å². The van der Waals surface area contributed by atoms with Gasteiger partial charge in [-0.1, -0.05) is 12.1 Å². The fourth-order valence-corrected chi connectivity index (χ4v) is 2.20.